The van der Waals surface area contributed by atoms with Crippen LogP contribution in [0.2, 0.25) is 0 Å². The number of benzene rings is 1. The van der Waals surface area contributed by atoms with Crippen molar-refractivity contribution in [3.63, 3.8) is 0 Å². The lowest BCUT2D eigenvalue weighted by Gasteiger charge is -2.37. The van der Waals surface area contributed by atoms with Crippen molar-refractivity contribution in [2.45, 2.75) is 43.5 Å². The number of aryl methyl sites for hydroxylation is 1. The minimum absolute atomic E-state index is 0.0270. The van der Waals surface area contributed by atoms with Crippen LogP contribution in [-0.2, 0) is 20.7 Å². The molecule has 1 aromatic carbocycles. The molecule has 9 nitrogen and oxygen atoms in total. The summed E-state index contributed by atoms with van der Waals surface area (Å²) in [6.45, 7) is -0.401. The monoisotopic (exact) mass is 344 g/mol. The van der Waals surface area contributed by atoms with Crippen LogP contribution < -0.4 is 0 Å². The first-order valence-corrected chi connectivity index (χ1v) is 7.34. The Bertz CT molecular complexity index is 576. The molecule has 1 aliphatic heterocycles. The summed E-state index contributed by atoms with van der Waals surface area (Å²) in [4.78, 5) is 11.7. The zero-order chi connectivity index (χ0) is 17.9. The number of phenolic OH excluding ortho intramolecular Hbond substituents is 2. The van der Waals surface area contributed by atoms with Crippen LogP contribution in [0, 0.1) is 0 Å². The van der Waals surface area contributed by atoms with Gasteiger partial charge in [0, 0.05) is 6.42 Å². The Morgan fingerprint density at radius 1 is 1.04 bits per heavy atom. The number of hydrogen-bond acceptors (Lipinski definition) is 9. The van der Waals surface area contributed by atoms with Crippen molar-refractivity contribution in [2.75, 3.05) is 6.61 Å². The third-order valence-corrected chi connectivity index (χ3v) is 3.75. The molecule has 6 N–H and O–H groups in total. The molecule has 0 spiro atoms. The molecule has 1 fully saturated rings. The Kier molecular flexibility index (Phi) is 5.97. The number of aliphatic hydroxyl groups excluding tert-OH is 4. The van der Waals surface area contributed by atoms with Gasteiger partial charge in [0.1, 0.15) is 31.0 Å². The number of phenols is 2. The van der Waals surface area contributed by atoms with Crippen molar-refractivity contribution in [1.82, 2.24) is 0 Å². The lowest BCUT2D eigenvalue weighted by atomic mass is 9.99. The second-order valence-electron chi connectivity index (χ2n) is 5.54. The predicted octanol–water partition coefficient (Wildman–Crippen LogP) is -1.63. The Labute approximate surface area is 137 Å². The number of aliphatic hydroxyl groups is 4. The molecule has 0 unspecified atom stereocenters. The number of carbonyl (C=O) groups excluding carboxylic acids is 1. The molecule has 1 heterocycles. The van der Waals surface area contributed by atoms with Crippen LogP contribution in [0.5, 0.6) is 11.5 Å². The fourth-order valence-corrected chi connectivity index (χ4v) is 2.29. The number of carbonyl (C=O) groups is 1. The quantitative estimate of drug-likeness (QED) is 0.273. The van der Waals surface area contributed by atoms with Crippen molar-refractivity contribution in [2.24, 2.45) is 0 Å². The molecular weight excluding hydrogens is 324 g/mol. The third kappa shape index (κ3) is 4.34. The molecule has 5 atom stereocenters. The number of hydrogen-bond donors (Lipinski definition) is 6. The first-order valence-electron chi connectivity index (χ1n) is 7.34. The maximum atomic E-state index is 11.7. The van der Waals surface area contributed by atoms with Crippen molar-refractivity contribution in [3.8, 4) is 11.5 Å². The van der Waals surface area contributed by atoms with Crippen LogP contribution in [0.15, 0.2) is 18.2 Å². The highest BCUT2D eigenvalue weighted by Gasteiger charge is 2.43. The van der Waals surface area contributed by atoms with E-state index < -0.39 is 43.3 Å². The van der Waals surface area contributed by atoms with E-state index >= 15 is 0 Å². The molecule has 0 amide bonds. The molecule has 0 saturated carbocycles. The Morgan fingerprint density at radius 3 is 2.42 bits per heavy atom. The van der Waals surface area contributed by atoms with Gasteiger partial charge in [-0.1, -0.05) is 6.07 Å². The fraction of sp³-hybridized carbons (Fsp3) is 0.533. The highest BCUT2D eigenvalue weighted by molar-refractivity contribution is 5.69. The van der Waals surface area contributed by atoms with E-state index in [9.17, 15) is 35.4 Å². The molecule has 9 heteroatoms. The van der Waals surface area contributed by atoms with Gasteiger partial charge in [0.15, 0.2) is 17.8 Å². The molecule has 1 aromatic rings. The van der Waals surface area contributed by atoms with Crippen LogP contribution in [0.1, 0.15) is 12.0 Å². The van der Waals surface area contributed by atoms with Gasteiger partial charge in [0.05, 0.1) is 0 Å². The molecule has 1 aliphatic rings. The summed E-state index contributed by atoms with van der Waals surface area (Å²) in [5.74, 6) is -1.17. The van der Waals surface area contributed by atoms with Crippen LogP contribution in [0.3, 0.4) is 0 Å². The van der Waals surface area contributed by atoms with Crippen LogP contribution in [-0.4, -0.2) is 73.9 Å². The van der Waals surface area contributed by atoms with Crippen LogP contribution in [0.4, 0.5) is 0 Å². The van der Waals surface area contributed by atoms with E-state index in [-0.39, 0.29) is 24.3 Å². The first-order chi connectivity index (χ1) is 11.3. The Morgan fingerprint density at radius 2 is 1.75 bits per heavy atom. The molecule has 134 valence electrons. The third-order valence-electron chi connectivity index (χ3n) is 3.75. The smallest absolute Gasteiger partial charge is 0.306 e. The van der Waals surface area contributed by atoms with E-state index in [1.54, 1.807) is 6.07 Å². The summed E-state index contributed by atoms with van der Waals surface area (Å²) < 4.78 is 9.80. The summed E-state index contributed by atoms with van der Waals surface area (Å²) in [6, 6.07) is 4.17. The number of ether oxygens (including phenoxy) is 2. The average molecular weight is 344 g/mol. The van der Waals surface area contributed by atoms with E-state index in [4.69, 9.17) is 9.47 Å². The second-order valence-corrected chi connectivity index (χ2v) is 5.54. The van der Waals surface area contributed by atoms with Crippen LogP contribution in [0.25, 0.3) is 0 Å². The average Bonchev–Trinajstić information content (AvgIpc) is 2.56. The fourth-order valence-electron chi connectivity index (χ4n) is 2.29. The van der Waals surface area contributed by atoms with Gasteiger partial charge < -0.3 is 40.1 Å². The molecular formula is C15H20O9. The van der Waals surface area contributed by atoms with Gasteiger partial charge in [-0.2, -0.15) is 0 Å². The van der Waals surface area contributed by atoms with Gasteiger partial charge in [-0.15, -0.1) is 0 Å². The van der Waals surface area contributed by atoms with E-state index in [1.165, 1.54) is 12.1 Å². The molecule has 0 aromatic heterocycles. The zero-order valence-electron chi connectivity index (χ0n) is 12.6. The molecule has 24 heavy (non-hydrogen) atoms. The Hall–Kier alpha value is -1.91. The largest absolute Gasteiger partial charge is 0.504 e. The first kappa shape index (κ1) is 18.4. The standard InChI is InChI=1S/C15H20O9/c16-8-3-1-7(5-9(8)17)2-4-11(18)23-6-10-12(19)13(20)14(21)15(22)24-10/h1,3,5,10,12-17,19-22H,2,4,6H2/t10-,12-,13+,14-,15-/m1/s1. The maximum absolute atomic E-state index is 11.7. The molecule has 2 rings (SSSR count). The number of aromatic hydroxyl groups is 2. The highest BCUT2D eigenvalue weighted by Crippen LogP contribution is 2.25. The summed E-state index contributed by atoms with van der Waals surface area (Å²) in [6.07, 6.45) is -7.39. The van der Waals surface area contributed by atoms with Gasteiger partial charge in [-0.05, 0) is 24.1 Å². The van der Waals surface area contributed by atoms with E-state index in [0.29, 0.717) is 5.56 Å². The van der Waals surface area contributed by atoms with Gasteiger partial charge in [0.2, 0.25) is 0 Å². The topological polar surface area (TPSA) is 157 Å². The van der Waals surface area contributed by atoms with Crippen molar-refractivity contribution < 1.29 is 44.9 Å². The van der Waals surface area contributed by atoms with Gasteiger partial charge in [0.25, 0.3) is 0 Å². The SMILES string of the molecule is O=C(CCc1ccc(O)c(O)c1)OC[C@H]1O[C@@H](O)[C@H](O)[C@@H](O)[C@@H]1O. The zero-order valence-corrected chi connectivity index (χ0v) is 12.6. The second kappa shape index (κ2) is 7.77. The maximum Gasteiger partial charge on any atom is 0.306 e. The summed E-state index contributed by atoms with van der Waals surface area (Å²) in [5, 5.41) is 56.5. The van der Waals surface area contributed by atoms with E-state index in [2.05, 4.69) is 0 Å². The lowest BCUT2D eigenvalue weighted by molar-refractivity contribution is -0.287. The van der Waals surface area contributed by atoms with Crippen LogP contribution >= 0.6 is 0 Å². The normalized spacial score (nSPS) is 30.1. The highest BCUT2D eigenvalue weighted by atomic mass is 16.6. The van der Waals surface area contributed by atoms with Gasteiger partial charge in [-0.3, -0.25) is 4.79 Å². The summed E-state index contributed by atoms with van der Waals surface area (Å²) >= 11 is 0. The summed E-state index contributed by atoms with van der Waals surface area (Å²) in [7, 11) is 0. The van der Waals surface area contributed by atoms with E-state index in [1.807, 2.05) is 0 Å². The lowest BCUT2D eigenvalue weighted by Crippen LogP contribution is -2.58. The summed E-state index contributed by atoms with van der Waals surface area (Å²) in [5.41, 5.74) is 0.616. The van der Waals surface area contributed by atoms with Gasteiger partial charge in [-0.25, -0.2) is 0 Å². The van der Waals surface area contributed by atoms with Crippen molar-refractivity contribution >= 4 is 5.97 Å². The molecule has 0 bridgehead atoms. The minimum Gasteiger partial charge on any atom is -0.504 e. The van der Waals surface area contributed by atoms with Gasteiger partial charge >= 0.3 is 5.97 Å². The van der Waals surface area contributed by atoms with Crippen molar-refractivity contribution in [3.05, 3.63) is 23.8 Å². The number of rotatable bonds is 5. The molecule has 1 saturated heterocycles. The molecule has 0 radical (unpaired) electrons. The van der Waals surface area contributed by atoms with Crippen molar-refractivity contribution in [1.29, 1.82) is 0 Å². The number of esters is 1. The molecule has 0 aliphatic carbocycles. The minimum atomic E-state index is -1.69. The predicted molar refractivity (Wildman–Crippen MR) is 78.0 cm³/mol. The van der Waals surface area contributed by atoms with E-state index in [0.717, 1.165) is 0 Å². The Balaban J connectivity index is 1.79.